The molecular formula is C18H19N3O2S. The number of benzene rings is 2. The van der Waals surface area contributed by atoms with Crippen LogP contribution < -0.4 is 10.1 Å². The van der Waals surface area contributed by atoms with Gasteiger partial charge in [0.15, 0.2) is 5.82 Å². The van der Waals surface area contributed by atoms with Gasteiger partial charge in [0.05, 0.1) is 13.2 Å². The highest BCUT2D eigenvalue weighted by Gasteiger charge is 2.14. The third kappa shape index (κ3) is 3.90. The molecule has 5 nitrogen and oxygen atoms in total. The lowest BCUT2D eigenvalue weighted by Gasteiger charge is -2.17. The number of aliphatic hydroxyl groups is 1. The zero-order valence-corrected chi connectivity index (χ0v) is 14.2. The van der Waals surface area contributed by atoms with Crippen LogP contribution in [0.15, 0.2) is 54.6 Å². The summed E-state index contributed by atoms with van der Waals surface area (Å²) in [6, 6.07) is 17.7. The summed E-state index contributed by atoms with van der Waals surface area (Å²) in [6.07, 6.45) is 0.590. The first kappa shape index (κ1) is 16.4. The standard InChI is InChI=1S/C18H19N3O2S/c1-23-15-9-7-13(8-10-15)16(11-12-22)19-18-20-17(21-24-18)14-5-3-2-4-6-14/h2-10,16,22H,11-12H2,1H3,(H,19,20,21). The highest BCUT2D eigenvalue weighted by Crippen LogP contribution is 2.27. The van der Waals surface area contributed by atoms with E-state index in [-0.39, 0.29) is 12.6 Å². The molecule has 2 N–H and O–H groups in total. The van der Waals surface area contributed by atoms with Crippen molar-refractivity contribution in [2.75, 3.05) is 19.0 Å². The molecule has 0 aliphatic heterocycles. The van der Waals surface area contributed by atoms with Crippen LogP contribution in [0.25, 0.3) is 11.4 Å². The van der Waals surface area contributed by atoms with Crippen LogP contribution in [0.2, 0.25) is 0 Å². The van der Waals surface area contributed by atoms with E-state index in [9.17, 15) is 5.11 Å². The van der Waals surface area contributed by atoms with E-state index in [1.165, 1.54) is 11.5 Å². The first-order valence-corrected chi connectivity index (χ1v) is 8.48. The van der Waals surface area contributed by atoms with Crippen molar-refractivity contribution >= 4 is 16.7 Å². The second kappa shape index (κ2) is 7.90. The molecule has 0 fully saturated rings. The number of hydrogen-bond donors (Lipinski definition) is 2. The predicted octanol–water partition coefficient (Wildman–Crippen LogP) is 3.75. The Morgan fingerprint density at radius 1 is 1.12 bits per heavy atom. The molecule has 0 saturated heterocycles. The highest BCUT2D eigenvalue weighted by molar-refractivity contribution is 7.09. The average Bonchev–Trinajstić information content (AvgIpc) is 3.11. The van der Waals surface area contributed by atoms with Gasteiger partial charge < -0.3 is 15.2 Å². The topological polar surface area (TPSA) is 67.3 Å². The van der Waals surface area contributed by atoms with Crippen LogP contribution in [0, 0.1) is 0 Å². The second-order valence-corrected chi connectivity index (χ2v) is 6.02. The van der Waals surface area contributed by atoms with Gasteiger partial charge in [-0.3, -0.25) is 0 Å². The summed E-state index contributed by atoms with van der Waals surface area (Å²) in [5.74, 6) is 1.52. The number of anilines is 1. The lowest BCUT2D eigenvalue weighted by atomic mass is 10.0. The number of methoxy groups -OCH3 is 1. The molecule has 0 aliphatic carbocycles. The van der Waals surface area contributed by atoms with Crippen LogP contribution in [-0.4, -0.2) is 28.2 Å². The molecule has 1 atom stereocenters. The first-order chi connectivity index (χ1) is 11.8. The van der Waals surface area contributed by atoms with Gasteiger partial charge in [-0.2, -0.15) is 9.36 Å². The van der Waals surface area contributed by atoms with Crippen molar-refractivity contribution in [3.05, 3.63) is 60.2 Å². The number of aliphatic hydroxyl groups excluding tert-OH is 1. The molecule has 124 valence electrons. The van der Waals surface area contributed by atoms with Crippen molar-refractivity contribution in [2.45, 2.75) is 12.5 Å². The minimum absolute atomic E-state index is 0.0301. The van der Waals surface area contributed by atoms with Crippen LogP contribution in [0.3, 0.4) is 0 Å². The van der Waals surface area contributed by atoms with E-state index in [2.05, 4.69) is 14.7 Å². The quantitative estimate of drug-likeness (QED) is 0.685. The molecule has 24 heavy (non-hydrogen) atoms. The molecule has 0 saturated carbocycles. The van der Waals surface area contributed by atoms with Gasteiger partial charge in [-0.25, -0.2) is 0 Å². The molecule has 3 aromatic rings. The number of ether oxygens (including phenoxy) is 1. The molecule has 3 rings (SSSR count). The second-order valence-electron chi connectivity index (χ2n) is 5.27. The fourth-order valence-corrected chi connectivity index (χ4v) is 3.06. The minimum Gasteiger partial charge on any atom is -0.497 e. The lowest BCUT2D eigenvalue weighted by molar-refractivity contribution is 0.280. The molecule has 6 heteroatoms. The number of hydrogen-bond acceptors (Lipinski definition) is 6. The first-order valence-electron chi connectivity index (χ1n) is 7.70. The van der Waals surface area contributed by atoms with Crippen molar-refractivity contribution in [3.8, 4) is 17.1 Å². The fraction of sp³-hybridized carbons (Fsp3) is 0.222. The number of nitrogens with one attached hydrogen (secondary N) is 1. The smallest absolute Gasteiger partial charge is 0.203 e. The third-order valence-corrected chi connectivity index (χ3v) is 4.34. The molecule has 0 spiro atoms. The maximum atomic E-state index is 9.36. The summed E-state index contributed by atoms with van der Waals surface area (Å²) in [6.45, 7) is 0.0913. The van der Waals surface area contributed by atoms with E-state index >= 15 is 0 Å². The number of aromatic nitrogens is 2. The Morgan fingerprint density at radius 2 is 1.88 bits per heavy atom. The van der Waals surface area contributed by atoms with Gasteiger partial charge in [0.25, 0.3) is 0 Å². The molecule has 2 aromatic carbocycles. The molecule has 0 radical (unpaired) electrons. The lowest BCUT2D eigenvalue weighted by Crippen LogP contribution is -2.12. The Morgan fingerprint density at radius 3 is 2.54 bits per heavy atom. The fourth-order valence-electron chi connectivity index (χ4n) is 2.42. The van der Waals surface area contributed by atoms with Crippen LogP contribution in [-0.2, 0) is 0 Å². The van der Waals surface area contributed by atoms with Gasteiger partial charge >= 0.3 is 0 Å². The van der Waals surface area contributed by atoms with Gasteiger partial charge in [0, 0.05) is 23.7 Å². The highest BCUT2D eigenvalue weighted by atomic mass is 32.1. The van der Waals surface area contributed by atoms with Gasteiger partial charge in [0.2, 0.25) is 5.13 Å². The van der Waals surface area contributed by atoms with Gasteiger partial charge in [0.1, 0.15) is 5.75 Å². The molecule has 0 bridgehead atoms. The van der Waals surface area contributed by atoms with Crippen LogP contribution >= 0.6 is 11.5 Å². The van der Waals surface area contributed by atoms with E-state index < -0.39 is 0 Å². The van der Waals surface area contributed by atoms with Crippen LogP contribution in [0.5, 0.6) is 5.75 Å². The molecule has 0 aliphatic rings. The Hall–Kier alpha value is -2.44. The monoisotopic (exact) mass is 341 g/mol. The summed E-state index contributed by atoms with van der Waals surface area (Å²) >= 11 is 1.32. The molecular weight excluding hydrogens is 322 g/mol. The van der Waals surface area contributed by atoms with Crippen molar-refractivity contribution < 1.29 is 9.84 Å². The normalized spacial score (nSPS) is 11.9. The molecule has 1 heterocycles. The summed E-state index contributed by atoms with van der Waals surface area (Å²) in [7, 11) is 1.64. The summed E-state index contributed by atoms with van der Waals surface area (Å²) in [5, 5.41) is 13.5. The Labute approximate surface area is 145 Å². The van der Waals surface area contributed by atoms with Crippen LogP contribution in [0.4, 0.5) is 5.13 Å². The van der Waals surface area contributed by atoms with Crippen molar-refractivity contribution in [3.63, 3.8) is 0 Å². The maximum Gasteiger partial charge on any atom is 0.203 e. The molecule has 1 aromatic heterocycles. The van der Waals surface area contributed by atoms with Crippen LogP contribution in [0.1, 0.15) is 18.0 Å². The Balaban J connectivity index is 1.77. The summed E-state index contributed by atoms with van der Waals surface area (Å²) < 4.78 is 9.60. The zero-order chi connectivity index (χ0) is 16.8. The van der Waals surface area contributed by atoms with Gasteiger partial charge in [-0.15, -0.1) is 0 Å². The number of rotatable bonds is 7. The van der Waals surface area contributed by atoms with Crippen molar-refractivity contribution in [2.24, 2.45) is 0 Å². The van der Waals surface area contributed by atoms with E-state index in [0.717, 1.165) is 22.0 Å². The Kier molecular flexibility index (Phi) is 5.40. The van der Waals surface area contributed by atoms with E-state index in [0.29, 0.717) is 12.2 Å². The van der Waals surface area contributed by atoms with Gasteiger partial charge in [-0.1, -0.05) is 42.5 Å². The summed E-state index contributed by atoms with van der Waals surface area (Å²) in [4.78, 5) is 4.55. The van der Waals surface area contributed by atoms with Gasteiger partial charge in [-0.05, 0) is 24.1 Å². The largest absolute Gasteiger partial charge is 0.497 e. The van der Waals surface area contributed by atoms with E-state index in [1.54, 1.807) is 7.11 Å². The van der Waals surface area contributed by atoms with E-state index in [1.807, 2.05) is 54.6 Å². The zero-order valence-electron chi connectivity index (χ0n) is 13.3. The minimum atomic E-state index is -0.0301. The predicted molar refractivity (Wildman–Crippen MR) is 96.4 cm³/mol. The Bertz CT molecular complexity index is 759. The van der Waals surface area contributed by atoms with E-state index in [4.69, 9.17) is 4.74 Å². The van der Waals surface area contributed by atoms with Crippen molar-refractivity contribution in [1.29, 1.82) is 0 Å². The SMILES string of the molecule is COc1ccc(C(CCO)Nc2nc(-c3ccccc3)ns2)cc1. The third-order valence-electron chi connectivity index (χ3n) is 3.69. The average molecular weight is 341 g/mol. The maximum absolute atomic E-state index is 9.36. The number of nitrogens with zero attached hydrogens (tertiary/aromatic N) is 2. The molecule has 1 unspecified atom stereocenters. The summed E-state index contributed by atoms with van der Waals surface area (Å²) in [5.41, 5.74) is 2.06. The molecule has 0 amide bonds. The van der Waals surface area contributed by atoms with Crippen molar-refractivity contribution in [1.82, 2.24) is 9.36 Å².